The molecule has 1 rings (SSSR count). The average Bonchev–Trinajstić information content (AvgIpc) is 2.12. The van der Waals surface area contributed by atoms with Crippen LogP contribution in [-0.2, 0) is 0 Å². The molecule has 0 bridgehead atoms. The van der Waals surface area contributed by atoms with Crippen molar-refractivity contribution in [3.8, 4) is 0 Å². The lowest BCUT2D eigenvalue weighted by Gasteiger charge is -2.03. The van der Waals surface area contributed by atoms with E-state index in [2.05, 4.69) is 15.9 Å². The molecule has 70 valence electrons. The first-order valence-corrected chi connectivity index (χ1v) is 4.74. The maximum atomic E-state index is 13.2. The lowest BCUT2D eigenvalue weighted by molar-refractivity contribution is 0.101. The van der Waals surface area contributed by atoms with E-state index in [-0.39, 0.29) is 10.9 Å². The number of alkyl halides is 1. The Kier molecular flexibility index (Phi) is 3.14. The second kappa shape index (κ2) is 3.96. The van der Waals surface area contributed by atoms with Gasteiger partial charge in [0.15, 0.2) is 5.78 Å². The molecule has 0 aliphatic heterocycles. The Labute approximate surface area is 82.9 Å². The Hall–Kier alpha value is -0.770. The molecule has 1 aromatic rings. The first-order chi connectivity index (χ1) is 6.07. The Morgan fingerprint density at radius 2 is 2.08 bits per heavy atom. The number of ketones is 1. The van der Waals surface area contributed by atoms with Crippen LogP contribution < -0.4 is 0 Å². The summed E-state index contributed by atoms with van der Waals surface area (Å²) in [6.07, 6.45) is 0. The number of carbonyl (C=O) groups is 1. The molecule has 0 aliphatic carbocycles. The van der Waals surface area contributed by atoms with Gasteiger partial charge in [-0.25, -0.2) is 8.78 Å². The topological polar surface area (TPSA) is 17.1 Å². The summed E-state index contributed by atoms with van der Waals surface area (Å²) in [6.45, 7) is 1.49. The van der Waals surface area contributed by atoms with Crippen molar-refractivity contribution in [2.45, 2.75) is 6.92 Å². The van der Waals surface area contributed by atoms with Gasteiger partial charge in [-0.3, -0.25) is 4.79 Å². The molecule has 0 aliphatic rings. The number of rotatable bonds is 2. The van der Waals surface area contributed by atoms with Gasteiger partial charge in [0.2, 0.25) is 0 Å². The molecule has 0 N–H and O–H groups in total. The van der Waals surface area contributed by atoms with Gasteiger partial charge in [-0.1, -0.05) is 22.0 Å². The third kappa shape index (κ3) is 1.94. The second-order valence-corrected chi connectivity index (χ2v) is 3.17. The summed E-state index contributed by atoms with van der Waals surface area (Å²) in [5, 5.41) is -0.0791. The van der Waals surface area contributed by atoms with Crippen molar-refractivity contribution in [1.82, 2.24) is 0 Å². The number of Topliss-reactive ketones (excluding diaryl/α,β-unsaturated/α-hetero) is 1. The van der Waals surface area contributed by atoms with Gasteiger partial charge in [0.05, 0.1) is 10.9 Å². The smallest absolute Gasteiger partial charge is 0.179 e. The molecule has 0 amide bonds. The first-order valence-electron chi connectivity index (χ1n) is 3.61. The van der Waals surface area contributed by atoms with E-state index in [1.165, 1.54) is 13.0 Å². The van der Waals surface area contributed by atoms with Gasteiger partial charge in [0.25, 0.3) is 0 Å². The van der Waals surface area contributed by atoms with Gasteiger partial charge in [-0.05, 0) is 18.6 Å². The highest BCUT2D eigenvalue weighted by atomic mass is 79.9. The van der Waals surface area contributed by atoms with E-state index in [9.17, 15) is 13.6 Å². The molecule has 0 unspecified atom stereocenters. The Balaban J connectivity index is 3.33. The zero-order valence-electron chi connectivity index (χ0n) is 6.90. The first kappa shape index (κ1) is 10.3. The van der Waals surface area contributed by atoms with Crippen molar-refractivity contribution < 1.29 is 13.6 Å². The predicted molar refractivity (Wildman–Crippen MR) is 49.2 cm³/mol. The summed E-state index contributed by atoms with van der Waals surface area (Å²) in [5.74, 6) is -2.17. The minimum absolute atomic E-state index is 0.0791. The number of aryl methyl sites for hydroxylation is 1. The monoisotopic (exact) mass is 248 g/mol. The number of halogens is 3. The number of carbonyl (C=O) groups excluding carboxylic acids is 1. The third-order valence-electron chi connectivity index (χ3n) is 1.68. The van der Waals surface area contributed by atoms with Gasteiger partial charge in [-0.2, -0.15) is 0 Å². The minimum Gasteiger partial charge on any atom is -0.293 e. The van der Waals surface area contributed by atoms with Crippen LogP contribution in [0.15, 0.2) is 12.1 Å². The summed E-state index contributed by atoms with van der Waals surface area (Å²) < 4.78 is 26.2. The predicted octanol–water partition coefficient (Wildman–Crippen LogP) is 2.85. The van der Waals surface area contributed by atoms with Gasteiger partial charge in [0, 0.05) is 0 Å². The molecule has 1 nitrogen and oxygen atoms in total. The van der Waals surface area contributed by atoms with Gasteiger partial charge in [0.1, 0.15) is 11.6 Å². The van der Waals surface area contributed by atoms with E-state index < -0.39 is 23.0 Å². The van der Waals surface area contributed by atoms with E-state index in [1.54, 1.807) is 0 Å². The van der Waals surface area contributed by atoms with Crippen molar-refractivity contribution >= 4 is 21.7 Å². The van der Waals surface area contributed by atoms with Crippen LogP contribution in [0, 0.1) is 18.6 Å². The van der Waals surface area contributed by atoms with Crippen LogP contribution in [-0.4, -0.2) is 11.1 Å². The highest BCUT2D eigenvalue weighted by Crippen LogP contribution is 2.17. The summed E-state index contributed by atoms with van der Waals surface area (Å²) in [4.78, 5) is 11.1. The van der Waals surface area contributed by atoms with E-state index in [0.717, 1.165) is 6.07 Å². The second-order valence-electron chi connectivity index (χ2n) is 2.61. The Bertz CT molecular complexity index is 350. The maximum absolute atomic E-state index is 13.2. The summed E-state index contributed by atoms with van der Waals surface area (Å²) in [5.41, 5.74) is -0.192. The van der Waals surface area contributed by atoms with E-state index in [4.69, 9.17) is 0 Å². The van der Waals surface area contributed by atoms with Crippen molar-refractivity contribution in [1.29, 1.82) is 0 Å². The summed E-state index contributed by atoms with van der Waals surface area (Å²) in [6, 6.07) is 2.39. The van der Waals surface area contributed by atoms with Gasteiger partial charge >= 0.3 is 0 Å². The summed E-state index contributed by atoms with van der Waals surface area (Å²) >= 11 is 2.86. The number of hydrogen-bond donors (Lipinski definition) is 0. The van der Waals surface area contributed by atoms with Crippen LogP contribution in [0.1, 0.15) is 15.9 Å². The normalized spacial score (nSPS) is 10.2. The lowest BCUT2D eigenvalue weighted by Crippen LogP contribution is -2.08. The largest absolute Gasteiger partial charge is 0.293 e. The fraction of sp³-hybridized carbons (Fsp3) is 0.222. The van der Waals surface area contributed by atoms with E-state index in [1.807, 2.05) is 0 Å². The molecule has 1 aromatic carbocycles. The van der Waals surface area contributed by atoms with Crippen LogP contribution in [0.3, 0.4) is 0 Å². The highest BCUT2D eigenvalue weighted by Gasteiger charge is 2.17. The molecule has 0 saturated carbocycles. The molecular formula is C9H7BrF2O. The zero-order valence-corrected chi connectivity index (χ0v) is 8.49. The van der Waals surface area contributed by atoms with Crippen LogP contribution >= 0.6 is 15.9 Å². The molecule has 0 fully saturated rings. The number of benzene rings is 1. The lowest BCUT2D eigenvalue weighted by atomic mass is 10.1. The minimum atomic E-state index is -0.812. The molecule has 0 radical (unpaired) electrons. The standard InChI is InChI=1S/C9H7BrF2O/c1-5-2-3-6(11)8(9(5)12)7(13)4-10/h2-3H,4H2,1H3. The van der Waals surface area contributed by atoms with Crippen molar-refractivity contribution in [3.05, 3.63) is 34.9 Å². The molecule has 13 heavy (non-hydrogen) atoms. The highest BCUT2D eigenvalue weighted by molar-refractivity contribution is 9.09. The molecule has 0 atom stereocenters. The Morgan fingerprint density at radius 1 is 1.46 bits per heavy atom. The molecular weight excluding hydrogens is 242 g/mol. The fourth-order valence-corrected chi connectivity index (χ4v) is 1.26. The van der Waals surface area contributed by atoms with Crippen LogP contribution in [0.5, 0.6) is 0 Å². The van der Waals surface area contributed by atoms with Crippen molar-refractivity contribution in [2.75, 3.05) is 5.33 Å². The number of hydrogen-bond acceptors (Lipinski definition) is 1. The van der Waals surface area contributed by atoms with E-state index in [0.29, 0.717) is 0 Å². The van der Waals surface area contributed by atoms with Gasteiger partial charge in [-0.15, -0.1) is 0 Å². The van der Waals surface area contributed by atoms with Gasteiger partial charge < -0.3 is 0 Å². The quantitative estimate of drug-likeness (QED) is 0.581. The van der Waals surface area contributed by atoms with Crippen LogP contribution in [0.2, 0.25) is 0 Å². The molecule has 4 heteroatoms. The third-order valence-corrected chi connectivity index (χ3v) is 2.19. The van der Waals surface area contributed by atoms with Crippen LogP contribution in [0.25, 0.3) is 0 Å². The van der Waals surface area contributed by atoms with Crippen molar-refractivity contribution in [3.63, 3.8) is 0 Å². The fourth-order valence-electron chi connectivity index (χ4n) is 0.979. The summed E-state index contributed by atoms with van der Waals surface area (Å²) in [7, 11) is 0. The van der Waals surface area contributed by atoms with E-state index >= 15 is 0 Å². The van der Waals surface area contributed by atoms with Crippen molar-refractivity contribution in [2.24, 2.45) is 0 Å². The maximum Gasteiger partial charge on any atom is 0.179 e. The van der Waals surface area contributed by atoms with Crippen LogP contribution in [0.4, 0.5) is 8.78 Å². The average molecular weight is 249 g/mol. The molecule has 0 saturated heterocycles. The zero-order chi connectivity index (χ0) is 10.0. The molecule has 0 heterocycles. The molecule has 0 aromatic heterocycles. The molecule has 0 spiro atoms. The Morgan fingerprint density at radius 3 is 2.62 bits per heavy atom. The SMILES string of the molecule is Cc1ccc(F)c(C(=O)CBr)c1F.